The number of carboxylic acids is 1. The molecule has 0 amide bonds. The van der Waals surface area contributed by atoms with E-state index in [1.54, 1.807) is 56.3 Å². The smallest absolute Gasteiger partial charge is 0.872 e. The number of allylic oxidation sites excluding steroid dienone is 5. The topological polar surface area (TPSA) is 80.3 Å². The third kappa shape index (κ3) is 5.15. The normalized spacial score (nSPS) is 14.5. The molecule has 2 aromatic rings. The average Bonchev–Trinajstić information content (AvgIpc) is 2.61. The molecule has 0 radical (unpaired) electrons. The maximum atomic E-state index is 11.8. The van der Waals surface area contributed by atoms with Crippen molar-refractivity contribution in [2.45, 2.75) is 13.8 Å². The second kappa shape index (κ2) is 10.4. The summed E-state index contributed by atoms with van der Waals surface area (Å²) in [6.45, 7) is 3.42. The van der Waals surface area contributed by atoms with Crippen LogP contribution in [-0.2, 0) is 4.79 Å². The van der Waals surface area contributed by atoms with Crippen LogP contribution in [0.25, 0.3) is 5.57 Å². The van der Waals surface area contributed by atoms with E-state index in [2.05, 4.69) is 0 Å². The fourth-order valence-corrected chi connectivity index (χ4v) is 2.97. The fourth-order valence-electron chi connectivity index (χ4n) is 2.97. The number of aromatic carboxylic acids is 1. The Balaban J connectivity index is 0.00000196. The van der Waals surface area contributed by atoms with Crippen LogP contribution in [0.15, 0.2) is 71.8 Å². The van der Waals surface area contributed by atoms with Gasteiger partial charge in [0.1, 0.15) is 0 Å². The zero-order valence-electron chi connectivity index (χ0n) is 16.4. The number of carboxylic acid groups (broad SMARTS) is 1. The third-order valence-electron chi connectivity index (χ3n) is 4.34. The summed E-state index contributed by atoms with van der Waals surface area (Å²) in [4.78, 5) is 23.4. The predicted molar refractivity (Wildman–Crippen MR) is 95.3 cm³/mol. The molecule has 1 aliphatic rings. The van der Waals surface area contributed by atoms with Gasteiger partial charge in [0.2, 0.25) is 0 Å². The van der Waals surface area contributed by atoms with Gasteiger partial charge in [-0.25, -0.2) is 0 Å². The van der Waals surface area contributed by atoms with Crippen molar-refractivity contribution in [3.8, 4) is 5.75 Å². The molecule has 0 atom stereocenters. The molecule has 0 saturated heterocycles. The van der Waals surface area contributed by atoms with Gasteiger partial charge in [0.25, 0.3) is 0 Å². The molecular formula is C22H16Na2O4. The molecule has 0 bridgehead atoms. The molecule has 4 nitrogen and oxygen atoms in total. The largest absolute Gasteiger partial charge is 1.00 e. The first-order valence-corrected chi connectivity index (χ1v) is 8.12. The van der Waals surface area contributed by atoms with Crippen LogP contribution in [0, 0.1) is 6.92 Å². The van der Waals surface area contributed by atoms with Gasteiger partial charge in [-0.15, -0.1) is 5.75 Å². The second-order valence-corrected chi connectivity index (χ2v) is 6.17. The Morgan fingerprint density at radius 3 is 2.14 bits per heavy atom. The summed E-state index contributed by atoms with van der Waals surface area (Å²) in [6.07, 6.45) is 4.85. The summed E-state index contributed by atoms with van der Waals surface area (Å²) in [7, 11) is 0. The number of aryl methyl sites for hydroxylation is 1. The van der Waals surface area contributed by atoms with Gasteiger partial charge in [-0.1, -0.05) is 54.1 Å². The molecular weight excluding hydrogens is 374 g/mol. The number of carbonyl (C=O) groups is 2. The molecule has 130 valence electrons. The molecule has 0 aliphatic heterocycles. The molecule has 1 aliphatic carbocycles. The molecule has 0 heterocycles. The first kappa shape index (κ1) is 24.6. The molecule has 6 heteroatoms. The van der Waals surface area contributed by atoms with E-state index in [4.69, 9.17) is 0 Å². The van der Waals surface area contributed by atoms with E-state index in [-0.39, 0.29) is 76.2 Å². The number of ketones is 1. The Hall–Kier alpha value is -1.40. The van der Waals surface area contributed by atoms with Gasteiger partial charge < -0.3 is 15.0 Å². The molecule has 0 saturated carbocycles. The summed E-state index contributed by atoms with van der Waals surface area (Å²) in [5.74, 6) is -1.47. The van der Waals surface area contributed by atoms with E-state index in [1.165, 1.54) is 18.2 Å². The molecule has 0 aromatic heterocycles. The monoisotopic (exact) mass is 390 g/mol. The van der Waals surface area contributed by atoms with Gasteiger partial charge in [-0.05, 0) is 53.8 Å². The van der Waals surface area contributed by atoms with Crippen LogP contribution in [0.4, 0.5) is 0 Å². The van der Waals surface area contributed by atoms with Crippen LogP contribution in [0.2, 0.25) is 0 Å². The molecule has 0 spiro atoms. The Morgan fingerprint density at radius 2 is 1.57 bits per heavy atom. The number of rotatable bonds is 3. The van der Waals surface area contributed by atoms with Crippen molar-refractivity contribution >= 4 is 17.3 Å². The minimum absolute atomic E-state index is 0. The van der Waals surface area contributed by atoms with Gasteiger partial charge in [0.05, 0.1) is 5.97 Å². The van der Waals surface area contributed by atoms with E-state index in [1.807, 2.05) is 0 Å². The number of benzene rings is 2. The third-order valence-corrected chi connectivity index (χ3v) is 4.34. The van der Waals surface area contributed by atoms with E-state index in [0.717, 1.165) is 0 Å². The minimum atomic E-state index is -1.28. The second-order valence-electron chi connectivity index (χ2n) is 6.17. The van der Waals surface area contributed by atoms with Gasteiger partial charge in [0.15, 0.2) is 5.78 Å². The summed E-state index contributed by atoms with van der Waals surface area (Å²) >= 11 is 0. The molecule has 0 N–H and O–H groups in total. The van der Waals surface area contributed by atoms with E-state index < -0.39 is 5.97 Å². The van der Waals surface area contributed by atoms with Crippen molar-refractivity contribution in [2.24, 2.45) is 0 Å². The maximum absolute atomic E-state index is 11.8. The molecule has 0 fully saturated rings. The Bertz CT molecular complexity index is 1020. The SMILES string of the molecule is CC1=CC(=C(c2ccc([O-])c(C)c2)c2ccccc2C(=O)[O-])C=CC1=O.[Na+].[Na+]. The van der Waals surface area contributed by atoms with E-state index >= 15 is 0 Å². The van der Waals surface area contributed by atoms with Crippen molar-refractivity contribution in [1.29, 1.82) is 0 Å². The summed E-state index contributed by atoms with van der Waals surface area (Å²) < 4.78 is 0. The van der Waals surface area contributed by atoms with Gasteiger partial charge in [-0.2, -0.15) is 0 Å². The van der Waals surface area contributed by atoms with Crippen LogP contribution in [0.5, 0.6) is 5.75 Å². The molecule has 0 unspecified atom stereocenters. The van der Waals surface area contributed by atoms with Crippen molar-refractivity contribution in [2.75, 3.05) is 0 Å². The van der Waals surface area contributed by atoms with E-state index in [0.29, 0.717) is 33.4 Å². The first-order valence-electron chi connectivity index (χ1n) is 8.12. The van der Waals surface area contributed by atoms with Crippen molar-refractivity contribution in [3.05, 3.63) is 94.1 Å². The Morgan fingerprint density at radius 1 is 0.929 bits per heavy atom. The fraction of sp³-hybridized carbons (Fsp3) is 0.0909. The quantitative estimate of drug-likeness (QED) is 0.506. The Labute approximate surface area is 208 Å². The minimum Gasteiger partial charge on any atom is -0.872 e. The van der Waals surface area contributed by atoms with Crippen LogP contribution in [0.3, 0.4) is 0 Å². The van der Waals surface area contributed by atoms with Crippen molar-refractivity contribution in [1.82, 2.24) is 0 Å². The van der Waals surface area contributed by atoms with Crippen LogP contribution in [-0.4, -0.2) is 11.8 Å². The zero-order valence-corrected chi connectivity index (χ0v) is 20.4. The van der Waals surface area contributed by atoms with E-state index in [9.17, 15) is 19.8 Å². The van der Waals surface area contributed by atoms with Crippen LogP contribution >= 0.6 is 0 Å². The maximum Gasteiger partial charge on any atom is 1.00 e. The van der Waals surface area contributed by atoms with Gasteiger partial charge in [0, 0.05) is 5.56 Å². The van der Waals surface area contributed by atoms with Gasteiger partial charge >= 0.3 is 59.1 Å². The zero-order chi connectivity index (χ0) is 18.8. The average molecular weight is 390 g/mol. The summed E-state index contributed by atoms with van der Waals surface area (Å²) in [5.41, 5.74) is 3.68. The van der Waals surface area contributed by atoms with Crippen molar-refractivity contribution < 1.29 is 78.9 Å². The van der Waals surface area contributed by atoms with Gasteiger partial charge in [-0.3, -0.25) is 4.79 Å². The standard InChI is InChI=1S/C22H18O4.2Na/c1-13-11-15(7-9-19(13)23)21(16-8-10-20(24)14(2)12-16)17-5-3-4-6-18(17)22(25)26;;/h3-12,23H,1-2H3,(H,25,26);;/q;2*+1/p-2. The Kier molecular flexibility index (Phi) is 9.15. The number of hydrogen-bond acceptors (Lipinski definition) is 4. The molecule has 28 heavy (non-hydrogen) atoms. The summed E-state index contributed by atoms with van der Waals surface area (Å²) in [5, 5.41) is 23.4. The summed E-state index contributed by atoms with van der Waals surface area (Å²) in [6, 6.07) is 11.4. The molecule has 2 aromatic carbocycles. The predicted octanol–water partition coefficient (Wildman–Crippen LogP) is -3.67. The first-order chi connectivity index (χ1) is 12.4. The van der Waals surface area contributed by atoms with Crippen LogP contribution in [0.1, 0.15) is 34.0 Å². The number of hydrogen-bond donors (Lipinski definition) is 0. The molecule has 3 rings (SSSR count). The van der Waals surface area contributed by atoms with Crippen molar-refractivity contribution in [3.63, 3.8) is 0 Å². The van der Waals surface area contributed by atoms with Crippen LogP contribution < -0.4 is 69.3 Å². The number of carbonyl (C=O) groups excluding carboxylic acids is 2.